The first-order valence-corrected chi connectivity index (χ1v) is 8.99. The van der Waals surface area contributed by atoms with Crippen LogP contribution < -0.4 is 15.8 Å². The van der Waals surface area contributed by atoms with Gasteiger partial charge in [-0.3, -0.25) is 4.79 Å². The molecule has 0 atom stereocenters. The minimum atomic E-state index is -0.0314. The number of benzene rings is 2. The van der Waals surface area contributed by atoms with Gasteiger partial charge >= 0.3 is 0 Å². The number of aromatic nitrogens is 1. The Kier molecular flexibility index (Phi) is 4.42. The lowest BCUT2D eigenvalue weighted by Crippen LogP contribution is -2.29. The third-order valence-corrected chi connectivity index (χ3v) is 4.90. The second-order valence-electron chi connectivity index (χ2n) is 6.66. The van der Waals surface area contributed by atoms with E-state index in [-0.39, 0.29) is 5.56 Å². The van der Waals surface area contributed by atoms with E-state index < -0.39 is 0 Å². The minimum absolute atomic E-state index is 0.0314. The van der Waals surface area contributed by atoms with Crippen LogP contribution in [0.1, 0.15) is 24.8 Å². The van der Waals surface area contributed by atoms with Crippen molar-refractivity contribution in [2.45, 2.75) is 25.8 Å². The molecule has 25 heavy (non-hydrogen) atoms. The first-order valence-electron chi connectivity index (χ1n) is 8.99. The molecule has 2 heterocycles. The summed E-state index contributed by atoms with van der Waals surface area (Å²) in [5.41, 5.74) is 3.92. The van der Waals surface area contributed by atoms with Gasteiger partial charge in [0.1, 0.15) is 0 Å². The summed E-state index contributed by atoms with van der Waals surface area (Å²) in [4.78, 5) is 17.6. The van der Waals surface area contributed by atoms with Gasteiger partial charge in [-0.1, -0.05) is 18.2 Å². The normalized spacial score (nSPS) is 14.6. The maximum atomic E-state index is 12.2. The van der Waals surface area contributed by atoms with Crippen molar-refractivity contribution >= 4 is 22.3 Å². The van der Waals surface area contributed by atoms with Gasteiger partial charge in [-0.05, 0) is 61.0 Å². The number of H-pyrrole nitrogens is 1. The summed E-state index contributed by atoms with van der Waals surface area (Å²) in [6.45, 7) is 2.82. The van der Waals surface area contributed by atoms with Crippen molar-refractivity contribution in [3.63, 3.8) is 0 Å². The van der Waals surface area contributed by atoms with Crippen molar-refractivity contribution in [1.82, 2.24) is 4.98 Å². The van der Waals surface area contributed by atoms with Crippen molar-refractivity contribution in [3.05, 3.63) is 70.5 Å². The Morgan fingerprint density at radius 2 is 1.72 bits per heavy atom. The lowest BCUT2D eigenvalue weighted by Gasteiger charge is -2.28. The summed E-state index contributed by atoms with van der Waals surface area (Å²) in [5.74, 6) is 0. The fourth-order valence-electron chi connectivity index (χ4n) is 3.46. The SMILES string of the molecule is O=c1[nH]c2ccccc2cc1CNc1ccc(N2CCCCC2)cc1. The molecule has 4 nitrogen and oxygen atoms in total. The van der Waals surface area contributed by atoms with E-state index in [0.29, 0.717) is 6.54 Å². The summed E-state index contributed by atoms with van der Waals surface area (Å²) in [7, 11) is 0. The maximum Gasteiger partial charge on any atom is 0.253 e. The molecule has 0 amide bonds. The topological polar surface area (TPSA) is 48.1 Å². The van der Waals surface area contributed by atoms with Gasteiger partial charge in [-0.2, -0.15) is 0 Å². The molecule has 1 aromatic heterocycles. The van der Waals surface area contributed by atoms with Gasteiger partial charge in [0, 0.05) is 42.1 Å². The van der Waals surface area contributed by atoms with Crippen LogP contribution in [0.25, 0.3) is 10.9 Å². The number of nitrogens with zero attached hydrogens (tertiary/aromatic N) is 1. The van der Waals surface area contributed by atoms with E-state index >= 15 is 0 Å². The molecule has 1 aliphatic rings. The van der Waals surface area contributed by atoms with Crippen LogP contribution in [0, 0.1) is 0 Å². The predicted molar refractivity (Wildman–Crippen MR) is 104 cm³/mol. The van der Waals surface area contributed by atoms with Crippen LogP contribution in [-0.4, -0.2) is 18.1 Å². The zero-order chi connectivity index (χ0) is 17.1. The molecule has 128 valence electrons. The number of aromatic amines is 1. The molecule has 3 aromatic rings. The molecule has 1 saturated heterocycles. The first kappa shape index (κ1) is 15.8. The highest BCUT2D eigenvalue weighted by molar-refractivity contribution is 5.78. The van der Waals surface area contributed by atoms with Gasteiger partial charge in [-0.15, -0.1) is 0 Å². The predicted octanol–water partition coefficient (Wildman–Crippen LogP) is 4.13. The average molecular weight is 333 g/mol. The van der Waals surface area contributed by atoms with Crippen LogP contribution in [0.2, 0.25) is 0 Å². The molecular weight excluding hydrogens is 310 g/mol. The van der Waals surface area contributed by atoms with Crippen LogP contribution >= 0.6 is 0 Å². The Labute approximate surface area is 147 Å². The monoisotopic (exact) mass is 333 g/mol. The van der Waals surface area contributed by atoms with Crippen molar-refractivity contribution in [2.24, 2.45) is 0 Å². The zero-order valence-electron chi connectivity index (χ0n) is 14.3. The van der Waals surface area contributed by atoms with E-state index in [0.717, 1.165) is 35.2 Å². The largest absolute Gasteiger partial charge is 0.381 e. The van der Waals surface area contributed by atoms with Crippen LogP contribution in [0.4, 0.5) is 11.4 Å². The van der Waals surface area contributed by atoms with E-state index in [4.69, 9.17) is 0 Å². The van der Waals surface area contributed by atoms with E-state index in [9.17, 15) is 4.79 Å². The molecule has 1 fully saturated rings. The number of pyridine rings is 1. The van der Waals surface area contributed by atoms with E-state index in [1.165, 1.54) is 24.9 Å². The number of rotatable bonds is 4. The molecule has 4 heteroatoms. The van der Waals surface area contributed by atoms with Crippen LogP contribution in [0.15, 0.2) is 59.4 Å². The zero-order valence-corrected chi connectivity index (χ0v) is 14.3. The molecule has 0 bridgehead atoms. The van der Waals surface area contributed by atoms with Gasteiger partial charge in [-0.25, -0.2) is 0 Å². The molecule has 0 radical (unpaired) electrons. The molecule has 0 saturated carbocycles. The Bertz CT molecular complexity index is 908. The third kappa shape index (κ3) is 3.53. The van der Waals surface area contributed by atoms with E-state index in [2.05, 4.69) is 39.5 Å². The van der Waals surface area contributed by atoms with Crippen LogP contribution in [0.3, 0.4) is 0 Å². The maximum absolute atomic E-state index is 12.2. The van der Waals surface area contributed by atoms with Gasteiger partial charge in [0.15, 0.2) is 0 Å². The van der Waals surface area contributed by atoms with Crippen molar-refractivity contribution < 1.29 is 0 Å². The molecule has 2 aromatic carbocycles. The highest BCUT2D eigenvalue weighted by atomic mass is 16.1. The van der Waals surface area contributed by atoms with Crippen LogP contribution in [0.5, 0.6) is 0 Å². The fraction of sp³-hybridized carbons (Fsp3) is 0.286. The first-order chi connectivity index (χ1) is 12.3. The Balaban J connectivity index is 1.46. The number of piperidine rings is 1. The summed E-state index contributed by atoms with van der Waals surface area (Å²) in [5, 5.41) is 4.41. The molecule has 0 aliphatic carbocycles. The van der Waals surface area contributed by atoms with Crippen LogP contribution in [-0.2, 0) is 6.54 Å². The average Bonchev–Trinajstić information content (AvgIpc) is 2.67. The number of para-hydroxylation sites is 1. The summed E-state index contributed by atoms with van der Waals surface area (Å²) < 4.78 is 0. The standard InChI is InChI=1S/C21H23N3O/c25-21-17(14-16-6-2-3-7-20(16)23-21)15-22-18-8-10-19(11-9-18)24-12-4-1-5-13-24/h2-3,6-11,14,22H,1,4-5,12-13,15H2,(H,23,25). The van der Waals surface area contributed by atoms with Gasteiger partial charge in [0.2, 0.25) is 0 Å². The second-order valence-corrected chi connectivity index (χ2v) is 6.66. The third-order valence-electron chi connectivity index (χ3n) is 4.90. The lowest BCUT2D eigenvalue weighted by molar-refractivity contribution is 0.578. The molecular formula is C21H23N3O. The Morgan fingerprint density at radius 1 is 0.960 bits per heavy atom. The number of hydrogen-bond acceptors (Lipinski definition) is 3. The highest BCUT2D eigenvalue weighted by Gasteiger charge is 2.10. The van der Waals surface area contributed by atoms with Gasteiger partial charge in [0.05, 0.1) is 0 Å². The van der Waals surface area contributed by atoms with E-state index in [1.807, 2.05) is 30.3 Å². The molecule has 0 spiro atoms. The minimum Gasteiger partial charge on any atom is -0.381 e. The number of nitrogens with one attached hydrogen (secondary N) is 2. The molecule has 4 rings (SSSR count). The number of fused-ring (bicyclic) bond motifs is 1. The summed E-state index contributed by atoms with van der Waals surface area (Å²) in [6, 6.07) is 18.3. The fourth-order valence-corrected chi connectivity index (χ4v) is 3.46. The molecule has 2 N–H and O–H groups in total. The second kappa shape index (κ2) is 7.01. The highest BCUT2D eigenvalue weighted by Crippen LogP contribution is 2.22. The van der Waals surface area contributed by atoms with Crippen molar-refractivity contribution in [1.29, 1.82) is 0 Å². The van der Waals surface area contributed by atoms with Crippen molar-refractivity contribution in [3.8, 4) is 0 Å². The summed E-state index contributed by atoms with van der Waals surface area (Å²) in [6.07, 6.45) is 3.91. The smallest absolute Gasteiger partial charge is 0.253 e. The quantitative estimate of drug-likeness (QED) is 0.755. The van der Waals surface area contributed by atoms with Gasteiger partial charge < -0.3 is 15.2 Å². The Morgan fingerprint density at radius 3 is 2.52 bits per heavy atom. The molecule has 0 unspecified atom stereocenters. The summed E-state index contributed by atoms with van der Waals surface area (Å²) >= 11 is 0. The van der Waals surface area contributed by atoms with E-state index in [1.54, 1.807) is 0 Å². The molecule has 1 aliphatic heterocycles. The van der Waals surface area contributed by atoms with Gasteiger partial charge in [0.25, 0.3) is 5.56 Å². The Hall–Kier alpha value is -2.75. The number of anilines is 2. The number of hydrogen-bond donors (Lipinski definition) is 2. The lowest BCUT2D eigenvalue weighted by atomic mass is 10.1. The van der Waals surface area contributed by atoms with Crippen molar-refractivity contribution in [2.75, 3.05) is 23.3 Å².